The van der Waals surface area contributed by atoms with Crippen LogP contribution in [0.5, 0.6) is 0 Å². The molecule has 136 valence electrons. The summed E-state index contributed by atoms with van der Waals surface area (Å²) in [7, 11) is 0. The predicted octanol–water partition coefficient (Wildman–Crippen LogP) is 4.70. The van der Waals surface area contributed by atoms with Crippen molar-refractivity contribution in [3.05, 3.63) is 56.6 Å². The molecule has 0 radical (unpaired) electrons. The molecule has 3 rings (SSSR count). The predicted molar refractivity (Wildman–Crippen MR) is 106 cm³/mol. The van der Waals surface area contributed by atoms with E-state index >= 15 is 0 Å². The molecule has 0 spiro atoms. The minimum Gasteiger partial charge on any atom is -0.377 e. The van der Waals surface area contributed by atoms with E-state index in [-0.39, 0.29) is 24.5 Å². The maximum atomic E-state index is 12.9. The molecule has 0 unspecified atom stereocenters. The SMILES string of the molecule is CC(C)OCCN1C(=O)C(Sc2ccc(Cl)cc2)=C(c2cccs2)C1=O. The number of carbonyl (C=O) groups is 2. The highest BCUT2D eigenvalue weighted by Crippen LogP contribution is 2.40. The number of hydrogen-bond donors (Lipinski definition) is 0. The fourth-order valence-corrected chi connectivity index (χ4v) is 4.45. The van der Waals surface area contributed by atoms with Crippen LogP contribution >= 0.6 is 34.7 Å². The molecule has 0 bridgehead atoms. The molecule has 2 aromatic rings. The largest absolute Gasteiger partial charge is 0.377 e. The van der Waals surface area contributed by atoms with Crippen LogP contribution in [-0.2, 0) is 14.3 Å². The van der Waals surface area contributed by atoms with Gasteiger partial charge in [0, 0.05) is 14.8 Å². The Kier molecular flexibility index (Phi) is 6.19. The van der Waals surface area contributed by atoms with Crippen LogP contribution in [0.1, 0.15) is 18.7 Å². The van der Waals surface area contributed by atoms with Crippen LogP contribution in [0.25, 0.3) is 5.57 Å². The second kappa shape index (κ2) is 8.39. The van der Waals surface area contributed by atoms with Gasteiger partial charge in [-0.3, -0.25) is 14.5 Å². The lowest BCUT2D eigenvalue weighted by Gasteiger charge is -2.16. The van der Waals surface area contributed by atoms with Gasteiger partial charge in [-0.25, -0.2) is 0 Å². The van der Waals surface area contributed by atoms with Crippen molar-refractivity contribution in [2.45, 2.75) is 24.8 Å². The van der Waals surface area contributed by atoms with Gasteiger partial charge in [0.1, 0.15) is 0 Å². The number of thiophene rings is 1. The van der Waals surface area contributed by atoms with E-state index in [1.54, 1.807) is 12.1 Å². The van der Waals surface area contributed by atoms with Crippen LogP contribution in [0, 0.1) is 0 Å². The van der Waals surface area contributed by atoms with Crippen molar-refractivity contribution >= 4 is 52.1 Å². The Bertz CT molecular complexity index is 829. The number of thioether (sulfide) groups is 1. The molecule has 1 aromatic heterocycles. The molecule has 0 N–H and O–H groups in total. The van der Waals surface area contributed by atoms with Crippen molar-refractivity contribution in [1.29, 1.82) is 0 Å². The van der Waals surface area contributed by atoms with Gasteiger partial charge in [-0.2, -0.15) is 0 Å². The van der Waals surface area contributed by atoms with E-state index in [1.165, 1.54) is 28.0 Å². The number of ether oxygens (including phenoxy) is 1. The fourth-order valence-electron chi connectivity index (χ4n) is 2.49. The Morgan fingerprint density at radius 2 is 1.88 bits per heavy atom. The molecule has 1 aromatic carbocycles. The zero-order chi connectivity index (χ0) is 18.7. The molecule has 7 heteroatoms. The van der Waals surface area contributed by atoms with Gasteiger partial charge in [0.25, 0.3) is 11.8 Å². The maximum absolute atomic E-state index is 12.9. The van der Waals surface area contributed by atoms with Gasteiger partial charge in [0.15, 0.2) is 0 Å². The van der Waals surface area contributed by atoms with E-state index in [2.05, 4.69) is 0 Å². The topological polar surface area (TPSA) is 46.6 Å². The van der Waals surface area contributed by atoms with Gasteiger partial charge in [0.2, 0.25) is 0 Å². The molecule has 2 heterocycles. The van der Waals surface area contributed by atoms with Crippen molar-refractivity contribution in [2.75, 3.05) is 13.2 Å². The first-order valence-electron chi connectivity index (χ1n) is 8.16. The molecular formula is C19H18ClNO3S2. The lowest BCUT2D eigenvalue weighted by molar-refractivity contribution is -0.137. The van der Waals surface area contributed by atoms with E-state index in [4.69, 9.17) is 16.3 Å². The lowest BCUT2D eigenvalue weighted by atomic mass is 10.2. The summed E-state index contributed by atoms with van der Waals surface area (Å²) in [6.07, 6.45) is 0.0513. The third kappa shape index (κ3) is 4.20. The van der Waals surface area contributed by atoms with Crippen LogP contribution in [-0.4, -0.2) is 36.0 Å². The smallest absolute Gasteiger partial charge is 0.268 e. The summed E-state index contributed by atoms with van der Waals surface area (Å²) >= 11 is 8.68. The monoisotopic (exact) mass is 407 g/mol. The fraction of sp³-hybridized carbons (Fsp3) is 0.263. The number of amides is 2. The molecule has 0 saturated carbocycles. The third-order valence-corrected chi connectivity index (χ3v) is 5.92. The van der Waals surface area contributed by atoms with Gasteiger partial charge in [0.05, 0.1) is 29.7 Å². The zero-order valence-corrected chi connectivity index (χ0v) is 16.8. The average Bonchev–Trinajstić information content (AvgIpc) is 3.19. The van der Waals surface area contributed by atoms with Crippen LogP contribution in [0.2, 0.25) is 5.02 Å². The first-order chi connectivity index (χ1) is 12.5. The Balaban J connectivity index is 1.89. The van der Waals surface area contributed by atoms with Crippen LogP contribution < -0.4 is 0 Å². The lowest BCUT2D eigenvalue weighted by Crippen LogP contribution is -2.35. The van der Waals surface area contributed by atoms with Crippen LogP contribution in [0.15, 0.2) is 51.6 Å². The highest BCUT2D eigenvalue weighted by molar-refractivity contribution is 8.04. The van der Waals surface area contributed by atoms with Crippen LogP contribution in [0.3, 0.4) is 0 Å². The molecule has 0 atom stereocenters. The summed E-state index contributed by atoms with van der Waals surface area (Å²) in [5.41, 5.74) is 0.467. The van der Waals surface area contributed by atoms with Crippen molar-refractivity contribution in [3.8, 4) is 0 Å². The summed E-state index contributed by atoms with van der Waals surface area (Å²) in [6, 6.07) is 11.0. The maximum Gasteiger partial charge on any atom is 0.268 e. The molecule has 4 nitrogen and oxygen atoms in total. The first-order valence-corrected chi connectivity index (χ1v) is 10.2. The summed E-state index contributed by atoms with van der Waals surface area (Å²) in [6.45, 7) is 4.41. The molecule has 2 amide bonds. The van der Waals surface area contributed by atoms with Gasteiger partial charge in [-0.1, -0.05) is 29.4 Å². The summed E-state index contributed by atoms with van der Waals surface area (Å²) in [5.74, 6) is -0.535. The minimum absolute atomic E-state index is 0.0513. The van der Waals surface area contributed by atoms with E-state index in [9.17, 15) is 9.59 Å². The highest BCUT2D eigenvalue weighted by atomic mass is 35.5. The van der Waals surface area contributed by atoms with Crippen LogP contribution in [0.4, 0.5) is 0 Å². The van der Waals surface area contributed by atoms with Crippen molar-refractivity contribution in [2.24, 2.45) is 0 Å². The number of nitrogens with zero attached hydrogens (tertiary/aromatic N) is 1. The Morgan fingerprint density at radius 3 is 2.50 bits per heavy atom. The Labute approximate surface area is 165 Å². The Hall–Kier alpha value is -1.60. The normalized spacial score (nSPS) is 14.8. The summed E-state index contributed by atoms with van der Waals surface area (Å²) in [4.78, 5) is 29.2. The molecule has 0 fully saturated rings. The number of imide groups is 1. The van der Waals surface area contributed by atoms with Crippen molar-refractivity contribution in [3.63, 3.8) is 0 Å². The molecular weight excluding hydrogens is 390 g/mol. The van der Waals surface area contributed by atoms with Gasteiger partial charge >= 0.3 is 0 Å². The van der Waals surface area contributed by atoms with Crippen molar-refractivity contribution < 1.29 is 14.3 Å². The third-order valence-electron chi connectivity index (χ3n) is 3.69. The first kappa shape index (κ1) is 19.2. The number of halogens is 1. The number of hydrogen-bond acceptors (Lipinski definition) is 5. The van der Waals surface area contributed by atoms with Gasteiger partial charge < -0.3 is 4.74 Å². The van der Waals surface area contributed by atoms with E-state index < -0.39 is 0 Å². The quantitative estimate of drug-likeness (QED) is 0.624. The summed E-state index contributed by atoms with van der Waals surface area (Å²) < 4.78 is 5.51. The standard InChI is InChI=1S/C19H18ClNO3S2/c1-12(2)24-10-9-21-18(22)16(15-4-3-11-25-15)17(19(21)23)26-14-7-5-13(20)6-8-14/h3-8,11-12H,9-10H2,1-2H3. The second-order valence-corrected chi connectivity index (χ2v) is 8.39. The molecule has 26 heavy (non-hydrogen) atoms. The van der Waals surface area contributed by atoms with Crippen molar-refractivity contribution in [1.82, 2.24) is 4.90 Å². The second-order valence-electron chi connectivity index (χ2n) is 5.92. The number of benzene rings is 1. The summed E-state index contributed by atoms with van der Waals surface area (Å²) in [5, 5.41) is 2.53. The number of carbonyl (C=O) groups excluding carboxylic acids is 2. The average molecular weight is 408 g/mol. The highest BCUT2D eigenvalue weighted by Gasteiger charge is 2.39. The van der Waals surface area contributed by atoms with Gasteiger partial charge in [-0.05, 0) is 49.6 Å². The molecule has 0 aliphatic carbocycles. The van der Waals surface area contributed by atoms with E-state index in [0.29, 0.717) is 22.1 Å². The van der Waals surface area contributed by atoms with E-state index in [1.807, 2.05) is 43.5 Å². The molecule has 1 aliphatic rings. The van der Waals surface area contributed by atoms with E-state index in [0.717, 1.165) is 9.77 Å². The molecule has 0 saturated heterocycles. The zero-order valence-electron chi connectivity index (χ0n) is 14.4. The molecule has 1 aliphatic heterocycles. The minimum atomic E-state index is -0.272. The van der Waals surface area contributed by atoms with Gasteiger partial charge in [-0.15, -0.1) is 11.3 Å². The Morgan fingerprint density at radius 1 is 1.15 bits per heavy atom. The number of rotatable bonds is 7.